The number of nitrogens with zero attached hydrogens (tertiary/aromatic N) is 6. The van der Waals surface area contributed by atoms with Gasteiger partial charge in [0.05, 0.1) is 39.3 Å². The number of benzene rings is 1. The summed E-state index contributed by atoms with van der Waals surface area (Å²) < 4.78 is 6.51. The molecule has 2 aliphatic heterocycles. The molecule has 3 aromatic rings. The van der Waals surface area contributed by atoms with Crippen LogP contribution in [0.3, 0.4) is 0 Å². The van der Waals surface area contributed by atoms with Gasteiger partial charge in [-0.3, -0.25) is 4.99 Å². The molecule has 11 heteroatoms. The first-order chi connectivity index (χ1) is 19.8. The van der Waals surface area contributed by atoms with Crippen molar-refractivity contribution < 1.29 is 9.84 Å². The lowest BCUT2D eigenvalue weighted by Gasteiger charge is -2.32. The molecule has 1 atom stereocenters. The topological polar surface area (TPSA) is 113 Å². The minimum Gasteiger partial charge on any atom is -0.491 e. The lowest BCUT2D eigenvalue weighted by Crippen LogP contribution is -2.37. The van der Waals surface area contributed by atoms with Crippen LogP contribution in [0.15, 0.2) is 46.0 Å². The lowest BCUT2D eigenvalue weighted by molar-refractivity contribution is 0.0994. The Kier molecular flexibility index (Phi) is 9.11. The number of aliphatic hydroxyl groups excluding tert-OH is 1. The molecular weight excluding hydrogens is 606 g/mol. The third-order valence-electron chi connectivity index (χ3n) is 7.42. The van der Waals surface area contributed by atoms with Crippen LogP contribution in [0.4, 0.5) is 11.6 Å². The average Bonchev–Trinajstić information content (AvgIpc) is 3.36. The predicted octanol–water partition coefficient (Wildman–Crippen LogP) is 5.38. The highest BCUT2D eigenvalue weighted by Crippen LogP contribution is 2.36. The zero-order valence-electron chi connectivity index (χ0n) is 23.6. The van der Waals surface area contributed by atoms with Crippen molar-refractivity contribution in [2.24, 2.45) is 10.7 Å². The quantitative estimate of drug-likeness (QED) is 0.284. The van der Waals surface area contributed by atoms with E-state index in [9.17, 15) is 5.11 Å². The Bertz CT molecular complexity index is 1490. The number of aromatic nitrogens is 3. The largest absolute Gasteiger partial charge is 0.491 e. The first-order valence-corrected chi connectivity index (χ1v) is 15.0. The van der Waals surface area contributed by atoms with E-state index in [1.54, 1.807) is 19.2 Å². The Morgan fingerprint density at radius 2 is 2.00 bits per heavy atom. The standard InChI is InChI=1S/C30H35BrClN7O2/c1-4-6-20(40)17-41-21-8-9-24(32)22(13-21)29-36-27(28(34-3)23(31)14-33)18(2)30(37-29)39-15-19-7-10-26(35-25(19)16-39)38-11-5-12-38/h7-10,13-14,20,40H,4-6,11-12,15-17,33H2,1-3H3/t20-/m1/s1. The number of rotatable bonds is 10. The van der Waals surface area contributed by atoms with E-state index < -0.39 is 6.10 Å². The normalized spacial score (nSPS) is 16.0. The Labute approximate surface area is 254 Å². The molecule has 2 aromatic heterocycles. The monoisotopic (exact) mass is 639 g/mol. The number of nitrogens with two attached hydrogens (primary N) is 1. The number of anilines is 2. The van der Waals surface area contributed by atoms with E-state index in [-0.39, 0.29) is 6.61 Å². The summed E-state index contributed by atoms with van der Waals surface area (Å²) in [7, 11) is 1.71. The molecular formula is C30H35BrClN7O2. The van der Waals surface area contributed by atoms with Crippen molar-refractivity contribution >= 4 is 44.9 Å². The fourth-order valence-electron chi connectivity index (χ4n) is 5.06. The summed E-state index contributed by atoms with van der Waals surface area (Å²) in [5.41, 5.74) is 10.9. The van der Waals surface area contributed by atoms with Crippen LogP contribution in [-0.4, -0.2) is 58.6 Å². The lowest BCUT2D eigenvalue weighted by atomic mass is 10.1. The van der Waals surface area contributed by atoms with Gasteiger partial charge in [-0.25, -0.2) is 15.0 Å². The maximum Gasteiger partial charge on any atom is 0.163 e. The molecule has 4 heterocycles. The molecule has 41 heavy (non-hydrogen) atoms. The number of aliphatic hydroxyl groups is 1. The number of pyridine rings is 1. The van der Waals surface area contributed by atoms with E-state index in [0.717, 1.165) is 42.4 Å². The van der Waals surface area contributed by atoms with Gasteiger partial charge in [0.2, 0.25) is 0 Å². The minimum atomic E-state index is -0.538. The van der Waals surface area contributed by atoms with E-state index in [2.05, 4.69) is 42.9 Å². The second-order valence-electron chi connectivity index (χ2n) is 10.3. The van der Waals surface area contributed by atoms with Crippen molar-refractivity contribution in [1.29, 1.82) is 0 Å². The molecule has 0 radical (unpaired) electrons. The van der Waals surface area contributed by atoms with Gasteiger partial charge < -0.3 is 25.4 Å². The van der Waals surface area contributed by atoms with Gasteiger partial charge in [0.25, 0.3) is 0 Å². The molecule has 2 aliphatic rings. The number of hydrogen-bond donors (Lipinski definition) is 2. The average molecular weight is 641 g/mol. The first kappa shape index (κ1) is 29.3. The van der Waals surface area contributed by atoms with Crippen molar-refractivity contribution in [3.63, 3.8) is 0 Å². The van der Waals surface area contributed by atoms with E-state index in [4.69, 9.17) is 37.0 Å². The van der Waals surface area contributed by atoms with Gasteiger partial charge in [-0.05, 0) is 65.5 Å². The Hall–Kier alpha value is -3.21. The van der Waals surface area contributed by atoms with Crippen LogP contribution in [0, 0.1) is 6.92 Å². The van der Waals surface area contributed by atoms with Crippen LogP contribution in [0.2, 0.25) is 5.02 Å². The molecule has 0 amide bonds. The molecule has 5 rings (SSSR count). The minimum absolute atomic E-state index is 0.194. The van der Waals surface area contributed by atoms with Crippen molar-refractivity contribution in [1.82, 2.24) is 15.0 Å². The summed E-state index contributed by atoms with van der Waals surface area (Å²) in [6.07, 6.45) is 3.67. The van der Waals surface area contributed by atoms with Crippen LogP contribution < -0.4 is 20.3 Å². The third-order valence-corrected chi connectivity index (χ3v) is 8.39. The summed E-state index contributed by atoms with van der Waals surface area (Å²) in [6, 6.07) is 9.64. The van der Waals surface area contributed by atoms with Crippen molar-refractivity contribution in [2.45, 2.75) is 52.3 Å². The molecule has 0 bridgehead atoms. The Balaban J connectivity index is 1.55. The number of halogens is 2. The summed E-state index contributed by atoms with van der Waals surface area (Å²) in [4.78, 5) is 24.0. The van der Waals surface area contributed by atoms with Crippen LogP contribution in [-0.2, 0) is 13.1 Å². The van der Waals surface area contributed by atoms with Gasteiger partial charge in [-0.15, -0.1) is 0 Å². The second-order valence-corrected chi connectivity index (χ2v) is 11.6. The molecule has 0 saturated carbocycles. The van der Waals surface area contributed by atoms with Gasteiger partial charge in [0.15, 0.2) is 5.82 Å². The fraction of sp³-hybridized carbons (Fsp3) is 0.400. The smallest absolute Gasteiger partial charge is 0.163 e. The van der Waals surface area contributed by atoms with Gasteiger partial charge in [0.1, 0.15) is 24.0 Å². The molecule has 0 unspecified atom stereocenters. The third kappa shape index (κ3) is 6.19. The van der Waals surface area contributed by atoms with Gasteiger partial charge in [-0.1, -0.05) is 31.0 Å². The van der Waals surface area contributed by atoms with E-state index in [0.29, 0.717) is 57.6 Å². The summed E-state index contributed by atoms with van der Waals surface area (Å²) in [5.74, 6) is 2.82. The van der Waals surface area contributed by atoms with Crippen LogP contribution in [0.5, 0.6) is 5.75 Å². The molecule has 0 aliphatic carbocycles. The van der Waals surface area contributed by atoms with Crippen LogP contribution in [0.1, 0.15) is 48.7 Å². The van der Waals surface area contributed by atoms with Crippen molar-refractivity contribution in [3.8, 4) is 17.1 Å². The van der Waals surface area contributed by atoms with Crippen LogP contribution in [0.25, 0.3) is 11.4 Å². The number of hydrogen-bond acceptors (Lipinski definition) is 9. The molecule has 1 aromatic carbocycles. The molecule has 3 N–H and O–H groups in total. The van der Waals surface area contributed by atoms with Gasteiger partial charge >= 0.3 is 0 Å². The van der Waals surface area contributed by atoms with Gasteiger partial charge in [0, 0.05) is 44.0 Å². The number of allylic oxidation sites excluding steroid dienone is 1. The fourth-order valence-corrected chi connectivity index (χ4v) is 5.62. The highest BCUT2D eigenvalue weighted by molar-refractivity contribution is 9.12. The van der Waals surface area contributed by atoms with E-state index >= 15 is 0 Å². The van der Waals surface area contributed by atoms with Gasteiger partial charge in [-0.2, -0.15) is 0 Å². The summed E-state index contributed by atoms with van der Waals surface area (Å²) >= 11 is 10.2. The van der Waals surface area contributed by atoms with E-state index in [1.807, 2.05) is 19.9 Å². The zero-order chi connectivity index (χ0) is 29.1. The Morgan fingerprint density at radius 3 is 2.68 bits per heavy atom. The highest BCUT2D eigenvalue weighted by Gasteiger charge is 2.28. The zero-order valence-corrected chi connectivity index (χ0v) is 25.9. The molecule has 0 spiro atoms. The maximum absolute atomic E-state index is 10.2. The summed E-state index contributed by atoms with van der Waals surface area (Å²) in [5, 5.41) is 10.6. The number of aliphatic imine (C=N–C) groups is 1. The number of ether oxygens (including phenoxy) is 1. The number of fused-ring (bicyclic) bond motifs is 1. The highest BCUT2D eigenvalue weighted by atomic mass is 79.9. The molecule has 216 valence electrons. The molecule has 9 nitrogen and oxygen atoms in total. The SMILES string of the molecule is CCC[C@@H](O)COc1ccc(Cl)c(-c2nc(C(=NC)C(Br)=CN)c(C)c(N3Cc4ccc(N5CCC5)nc4C3)n2)c1. The predicted molar refractivity (Wildman–Crippen MR) is 168 cm³/mol. The van der Waals surface area contributed by atoms with Crippen LogP contribution >= 0.6 is 27.5 Å². The Morgan fingerprint density at radius 1 is 1.20 bits per heavy atom. The molecule has 1 saturated heterocycles. The second kappa shape index (κ2) is 12.8. The summed E-state index contributed by atoms with van der Waals surface area (Å²) in [6.45, 7) is 7.63. The molecule has 1 fully saturated rings. The van der Waals surface area contributed by atoms with Crippen molar-refractivity contribution in [3.05, 3.63) is 68.6 Å². The first-order valence-electron chi connectivity index (χ1n) is 13.9. The van der Waals surface area contributed by atoms with E-state index in [1.165, 1.54) is 18.2 Å². The maximum atomic E-state index is 10.2. The van der Waals surface area contributed by atoms with Crippen molar-refractivity contribution in [2.75, 3.05) is 36.5 Å².